The molecule has 0 spiro atoms. The number of carbonyl (C=O) groups excluding carboxylic acids is 2. The van der Waals surface area contributed by atoms with Crippen LogP contribution < -0.4 is 5.32 Å². The van der Waals surface area contributed by atoms with E-state index in [0.717, 1.165) is 17.4 Å². The first-order valence-corrected chi connectivity index (χ1v) is 11.9. The van der Waals surface area contributed by atoms with Crippen molar-refractivity contribution in [1.82, 2.24) is 5.32 Å². The van der Waals surface area contributed by atoms with E-state index < -0.39 is 11.6 Å². The molecule has 29 heavy (non-hydrogen) atoms. The van der Waals surface area contributed by atoms with Crippen LogP contribution in [0.25, 0.3) is 11.1 Å². The number of nitrogens with one attached hydrogen (secondary N) is 1. The molecule has 0 bridgehead atoms. The Morgan fingerprint density at radius 1 is 1.03 bits per heavy atom. The predicted molar refractivity (Wildman–Crippen MR) is 122 cm³/mol. The summed E-state index contributed by atoms with van der Waals surface area (Å²) in [4.78, 5) is 24.1. The van der Waals surface area contributed by atoms with Crippen LogP contribution in [0.4, 0.5) is 4.79 Å². The van der Waals surface area contributed by atoms with Gasteiger partial charge in [-0.2, -0.15) is 0 Å². The van der Waals surface area contributed by atoms with Gasteiger partial charge in [-0.3, -0.25) is 0 Å². The second-order valence-corrected chi connectivity index (χ2v) is 11.6. The largest absolute Gasteiger partial charge is 0.449 e. The smallest absolute Gasteiger partial charge is 0.407 e. The molecular weight excluding hydrogens is 402 g/mol. The van der Waals surface area contributed by atoms with Crippen LogP contribution in [0, 0.1) is 0 Å². The van der Waals surface area contributed by atoms with Crippen molar-refractivity contribution >= 4 is 34.0 Å². The van der Waals surface area contributed by atoms with Crippen LogP contribution >= 0.6 is 21.6 Å². The lowest BCUT2D eigenvalue weighted by atomic mass is 9.98. The highest BCUT2D eigenvalue weighted by atomic mass is 33.1. The van der Waals surface area contributed by atoms with Crippen LogP contribution in [0.1, 0.15) is 44.7 Å². The van der Waals surface area contributed by atoms with E-state index in [1.807, 2.05) is 24.3 Å². The highest BCUT2D eigenvalue weighted by Crippen LogP contribution is 2.44. The Hall–Kier alpha value is -1.92. The maximum Gasteiger partial charge on any atom is 0.407 e. The summed E-state index contributed by atoms with van der Waals surface area (Å²) >= 11 is 0. The fourth-order valence-electron chi connectivity index (χ4n) is 3.30. The first kappa shape index (κ1) is 21.8. The number of alkyl carbamates (subject to hydrolysis) is 1. The molecule has 2 aromatic rings. The summed E-state index contributed by atoms with van der Waals surface area (Å²) in [5, 5.41) is 2.74. The normalized spacial score (nSPS) is 15.2. The summed E-state index contributed by atoms with van der Waals surface area (Å²) in [7, 11) is 3.26. The first-order valence-electron chi connectivity index (χ1n) is 9.62. The van der Waals surface area contributed by atoms with Gasteiger partial charge in [-0.05, 0) is 29.2 Å². The third-order valence-corrected chi connectivity index (χ3v) is 8.20. The van der Waals surface area contributed by atoms with E-state index in [0.29, 0.717) is 5.75 Å². The van der Waals surface area contributed by atoms with Crippen molar-refractivity contribution in [2.45, 2.75) is 43.9 Å². The van der Waals surface area contributed by atoms with E-state index in [-0.39, 0.29) is 17.3 Å². The summed E-state index contributed by atoms with van der Waals surface area (Å²) in [6, 6.07) is 16.4. The van der Waals surface area contributed by atoms with Crippen LogP contribution in [0.5, 0.6) is 0 Å². The second kappa shape index (κ2) is 8.84. The van der Waals surface area contributed by atoms with Gasteiger partial charge in [0.15, 0.2) is 0 Å². The minimum absolute atomic E-state index is 0.00135. The molecule has 4 nitrogen and oxygen atoms in total. The van der Waals surface area contributed by atoms with E-state index in [9.17, 15) is 9.59 Å². The Bertz CT molecular complexity index is 848. The van der Waals surface area contributed by atoms with Crippen LogP contribution in [0.2, 0.25) is 0 Å². The van der Waals surface area contributed by atoms with Gasteiger partial charge in [0, 0.05) is 16.4 Å². The molecule has 1 aliphatic rings. The minimum Gasteiger partial charge on any atom is -0.449 e. The third kappa shape index (κ3) is 5.37. The van der Waals surface area contributed by atoms with Gasteiger partial charge >= 0.3 is 6.09 Å². The van der Waals surface area contributed by atoms with Crippen LogP contribution in [-0.2, 0) is 9.53 Å². The van der Waals surface area contributed by atoms with Gasteiger partial charge in [-0.25, -0.2) is 4.79 Å². The highest BCUT2D eigenvalue weighted by Gasteiger charge is 2.31. The molecule has 2 aromatic carbocycles. The summed E-state index contributed by atoms with van der Waals surface area (Å²) in [6.07, 6.45) is 0.216. The molecule has 154 valence electrons. The fraction of sp³-hybridized carbons (Fsp3) is 0.391. The van der Waals surface area contributed by atoms with E-state index in [1.54, 1.807) is 28.5 Å². The number of benzene rings is 2. The second-order valence-electron chi connectivity index (χ2n) is 8.44. The summed E-state index contributed by atoms with van der Waals surface area (Å²) in [6.45, 7) is 8.29. The molecule has 0 heterocycles. The number of hydrogen-bond donors (Lipinski definition) is 1. The zero-order valence-corrected chi connectivity index (χ0v) is 18.9. The topological polar surface area (TPSA) is 55.4 Å². The molecule has 1 N–H and O–H groups in total. The molecule has 0 unspecified atom stereocenters. The Labute approximate surface area is 180 Å². The average molecular weight is 430 g/mol. The third-order valence-electron chi connectivity index (χ3n) is 4.66. The average Bonchev–Trinajstić information content (AvgIpc) is 2.99. The van der Waals surface area contributed by atoms with Gasteiger partial charge in [0.1, 0.15) is 18.4 Å². The Morgan fingerprint density at radius 3 is 2.10 bits per heavy atom. The van der Waals surface area contributed by atoms with Gasteiger partial charge < -0.3 is 14.8 Å². The van der Waals surface area contributed by atoms with Crippen molar-refractivity contribution in [2.24, 2.45) is 0 Å². The maximum absolute atomic E-state index is 12.5. The van der Waals surface area contributed by atoms with Crippen molar-refractivity contribution in [3.8, 4) is 11.1 Å². The lowest BCUT2D eigenvalue weighted by Gasteiger charge is -2.26. The van der Waals surface area contributed by atoms with E-state index >= 15 is 0 Å². The number of fused-ring (bicyclic) bond motifs is 3. The first-order chi connectivity index (χ1) is 13.7. The van der Waals surface area contributed by atoms with E-state index in [1.165, 1.54) is 11.1 Å². The van der Waals surface area contributed by atoms with Crippen molar-refractivity contribution in [1.29, 1.82) is 0 Å². The molecule has 0 aliphatic heterocycles. The van der Waals surface area contributed by atoms with Crippen molar-refractivity contribution < 1.29 is 14.3 Å². The Morgan fingerprint density at radius 2 is 1.59 bits per heavy atom. The van der Waals surface area contributed by atoms with Crippen molar-refractivity contribution in [3.63, 3.8) is 0 Å². The number of amides is 1. The monoisotopic (exact) mass is 429 g/mol. The van der Waals surface area contributed by atoms with Gasteiger partial charge in [0.2, 0.25) is 0 Å². The minimum atomic E-state index is -0.967. The number of carbonyl (C=O) groups is 2. The molecule has 0 saturated carbocycles. The van der Waals surface area contributed by atoms with Crippen LogP contribution in [-0.4, -0.2) is 35.0 Å². The molecule has 0 radical (unpaired) electrons. The van der Waals surface area contributed by atoms with Crippen LogP contribution in [0.15, 0.2) is 48.5 Å². The van der Waals surface area contributed by atoms with Crippen molar-refractivity contribution in [2.75, 3.05) is 12.4 Å². The van der Waals surface area contributed by atoms with Gasteiger partial charge in [-0.1, -0.05) is 90.9 Å². The molecule has 0 saturated heterocycles. The highest BCUT2D eigenvalue weighted by molar-refractivity contribution is 8.77. The summed E-state index contributed by atoms with van der Waals surface area (Å²) < 4.78 is 5.64. The maximum atomic E-state index is 12.5. The van der Waals surface area contributed by atoms with E-state index in [4.69, 9.17) is 4.74 Å². The zero-order valence-electron chi connectivity index (χ0n) is 17.2. The van der Waals surface area contributed by atoms with Crippen LogP contribution in [0.3, 0.4) is 0 Å². The Kier molecular flexibility index (Phi) is 6.64. The molecule has 0 aromatic heterocycles. The standard InChI is InChI=1S/C23H27NO3S2/c1-22(2,3)29-28-15-23(4,14-25)24-21(26)27-13-20-18-11-7-5-9-16(18)17-10-6-8-12-19(17)20/h5-12,14,20H,13,15H2,1-4H3,(H,24,26)/t23-/m1/s1. The Balaban J connectivity index is 1.62. The number of ether oxygens (including phenoxy) is 1. The zero-order chi connectivity index (χ0) is 21.1. The van der Waals surface area contributed by atoms with Gasteiger partial charge in [-0.15, -0.1) is 0 Å². The molecule has 0 fully saturated rings. The molecule has 3 rings (SSSR count). The lowest BCUT2D eigenvalue weighted by Crippen LogP contribution is -2.49. The lowest BCUT2D eigenvalue weighted by molar-refractivity contribution is -0.112. The number of aldehydes is 1. The van der Waals surface area contributed by atoms with Crippen molar-refractivity contribution in [3.05, 3.63) is 59.7 Å². The molecule has 1 aliphatic carbocycles. The fourth-order valence-corrected chi connectivity index (χ4v) is 6.07. The molecule has 1 amide bonds. The molecule has 1 atom stereocenters. The quantitative estimate of drug-likeness (QED) is 0.454. The SMILES string of the molecule is CC(C)(C)SSC[C@@](C)(C=O)NC(=O)OCC1c2ccccc2-c2ccccc21. The summed E-state index contributed by atoms with van der Waals surface area (Å²) in [5.74, 6) is 0.476. The van der Waals surface area contributed by atoms with E-state index in [2.05, 4.69) is 50.4 Å². The number of rotatable bonds is 7. The predicted octanol–water partition coefficient (Wildman–Crippen LogP) is 5.66. The number of hydrogen-bond acceptors (Lipinski definition) is 5. The molecular formula is C23H27NO3S2. The summed E-state index contributed by atoms with van der Waals surface area (Å²) in [5.41, 5.74) is 3.73. The van der Waals surface area contributed by atoms with Gasteiger partial charge in [0.05, 0.1) is 0 Å². The molecule has 6 heteroatoms. The van der Waals surface area contributed by atoms with Gasteiger partial charge in [0.25, 0.3) is 0 Å².